The second-order valence-corrected chi connectivity index (χ2v) is 4.22. The largest absolute Gasteiger partial charge is 0.323 e. The lowest BCUT2D eigenvalue weighted by atomic mass is 10.1. The van der Waals surface area contributed by atoms with Crippen LogP contribution in [0.2, 0.25) is 5.02 Å². The van der Waals surface area contributed by atoms with Crippen molar-refractivity contribution in [3.63, 3.8) is 0 Å². The summed E-state index contributed by atoms with van der Waals surface area (Å²) in [6, 6.07) is 5.02. The zero-order chi connectivity index (χ0) is 12.1. The van der Waals surface area contributed by atoms with Gasteiger partial charge in [-0.2, -0.15) is 0 Å². The SMILES string of the molecule is CCC[C@@H](N)C(=O)Nc1c(C)cccc1Cl. The average molecular weight is 241 g/mol. The van der Waals surface area contributed by atoms with Gasteiger partial charge in [0.25, 0.3) is 0 Å². The number of anilines is 1. The molecule has 4 heteroatoms. The number of para-hydroxylation sites is 1. The third-order valence-electron chi connectivity index (χ3n) is 2.41. The molecule has 0 saturated heterocycles. The number of aryl methyl sites for hydroxylation is 1. The van der Waals surface area contributed by atoms with E-state index in [2.05, 4.69) is 5.32 Å². The first kappa shape index (κ1) is 13.0. The maximum atomic E-state index is 11.7. The summed E-state index contributed by atoms with van der Waals surface area (Å²) in [4.78, 5) is 11.7. The van der Waals surface area contributed by atoms with Crippen LogP contribution in [0.1, 0.15) is 25.3 Å². The zero-order valence-electron chi connectivity index (χ0n) is 9.59. The Kier molecular flexibility index (Phi) is 4.77. The van der Waals surface area contributed by atoms with E-state index < -0.39 is 6.04 Å². The van der Waals surface area contributed by atoms with Crippen LogP contribution in [0.4, 0.5) is 5.69 Å². The molecular formula is C12H17ClN2O. The lowest BCUT2D eigenvalue weighted by Gasteiger charge is -2.14. The molecule has 0 heterocycles. The first-order chi connectivity index (χ1) is 7.56. The monoisotopic (exact) mass is 240 g/mol. The Bertz CT molecular complexity index is 359. The van der Waals surface area contributed by atoms with Crippen LogP contribution in [-0.4, -0.2) is 11.9 Å². The lowest BCUT2D eigenvalue weighted by Crippen LogP contribution is -2.35. The first-order valence-corrected chi connectivity index (χ1v) is 5.75. The summed E-state index contributed by atoms with van der Waals surface area (Å²) in [5.41, 5.74) is 7.31. The molecule has 16 heavy (non-hydrogen) atoms. The zero-order valence-corrected chi connectivity index (χ0v) is 10.3. The standard InChI is InChI=1S/C12H17ClN2O/c1-3-5-10(14)12(16)15-11-8(2)6-4-7-9(11)13/h4,6-7,10H,3,5,14H2,1-2H3,(H,15,16)/t10-/m1/s1. The highest BCUT2D eigenvalue weighted by atomic mass is 35.5. The van der Waals surface area contributed by atoms with E-state index in [1.165, 1.54) is 0 Å². The van der Waals surface area contributed by atoms with E-state index in [0.717, 1.165) is 12.0 Å². The number of nitrogens with one attached hydrogen (secondary N) is 1. The number of nitrogens with two attached hydrogens (primary N) is 1. The van der Waals surface area contributed by atoms with Gasteiger partial charge in [0, 0.05) is 0 Å². The van der Waals surface area contributed by atoms with Crippen molar-refractivity contribution in [2.75, 3.05) is 5.32 Å². The molecule has 1 atom stereocenters. The second kappa shape index (κ2) is 5.87. The number of carbonyl (C=O) groups excluding carboxylic acids is 1. The smallest absolute Gasteiger partial charge is 0.241 e. The molecule has 0 aliphatic heterocycles. The average Bonchev–Trinajstić information content (AvgIpc) is 2.23. The second-order valence-electron chi connectivity index (χ2n) is 3.82. The van der Waals surface area contributed by atoms with Crippen molar-refractivity contribution in [1.29, 1.82) is 0 Å². The van der Waals surface area contributed by atoms with Crippen molar-refractivity contribution in [3.8, 4) is 0 Å². The summed E-state index contributed by atoms with van der Waals surface area (Å²) in [7, 11) is 0. The number of rotatable bonds is 4. The van der Waals surface area contributed by atoms with Crippen molar-refractivity contribution in [2.45, 2.75) is 32.7 Å². The van der Waals surface area contributed by atoms with Crippen molar-refractivity contribution < 1.29 is 4.79 Å². The highest BCUT2D eigenvalue weighted by molar-refractivity contribution is 6.34. The normalized spacial score (nSPS) is 12.2. The number of amides is 1. The molecule has 0 aliphatic rings. The molecule has 1 rings (SSSR count). The predicted molar refractivity (Wildman–Crippen MR) is 67.7 cm³/mol. The molecule has 0 unspecified atom stereocenters. The summed E-state index contributed by atoms with van der Waals surface area (Å²) in [6.07, 6.45) is 1.56. The fourth-order valence-corrected chi connectivity index (χ4v) is 1.72. The van der Waals surface area contributed by atoms with Gasteiger partial charge < -0.3 is 11.1 Å². The molecular weight excluding hydrogens is 224 g/mol. The van der Waals surface area contributed by atoms with Gasteiger partial charge in [0.15, 0.2) is 0 Å². The van der Waals surface area contributed by atoms with Crippen molar-refractivity contribution in [1.82, 2.24) is 0 Å². The van der Waals surface area contributed by atoms with Crippen molar-refractivity contribution in [2.24, 2.45) is 5.73 Å². The van der Waals surface area contributed by atoms with Crippen molar-refractivity contribution >= 4 is 23.2 Å². The molecule has 0 fully saturated rings. The minimum atomic E-state index is -0.472. The fraction of sp³-hybridized carbons (Fsp3) is 0.417. The highest BCUT2D eigenvalue weighted by Gasteiger charge is 2.14. The van der Waals surface area contributed by atoms with Crippen LogP contribution in [0.5, 0.6) is 0 Å². The maximum Gasteiger partial charge on any atom is 0.241 e. The molecule has 0 radical (unpaired) electrons. The van der Waals surface area contributed by atoms with Gasteiger partial charge in [-0.3, -0.25) is 4.79 Å². The first-order valence-electron chi connectivity index (χ1n) is 5.37. The lowest BCUT2D eigenvalue weighted by molar-refractivity contribution is -0.117. The Balaban J connectivity index is 2.77. The Morgan fingerprint density at radius 1 is 1.56 bits per heavy atom. The van der Waals surface area contributed by atoms with E-state index in [9.17, 15) is 4.79 Å². The van der Waals surface area contributed by atoms with Gasteiger partial charge in [0.2, 0.25) is 5.91 Å². The molecule has 0 spiro atoms. The van der Waals surface area contributed by atoms with Crippen molar-refractivity contribution in [3.05, 3.63) is 28.8 Å². The van der Waals surface area contributed by atoms with Crippen LogP contribution in [0.15, 0.2) is 18.2 Å². The van der Waals surface area contributed by atoms with Gasteiger partial charge >= 0.3 is 0 Å². The number of hydrogen-bond acceptors (Lipinski definition) is 2. The predicted octanol–water partition coefficient (Wildman–Crippen LogP) is 2.71. The molecule has 1 aromatic rings. The number of carbonyl (C=O) groups is 1. The molecule has 0 bridgehead atoms. The molecule has 1 aromatic carbocycles. The summed E-state index contributed by atoms with van der Waals surface area (Å²) in [5.74, 6) is -0.182. The van der Waals surface area contributed by atoms with Crippen LogP contribution in [0.25, 0.3) is 0 Å². The van der Waals surface area contributed by atoms with E-state index in [1.807, 2.05) is 26.0 Å². The molecule has 0 aliphatic carbocycles. The molecule has 3 N–H and O–H groups in total. The fourth-order valence-electron chi connectivity index (χ4n) is 1.45. The number of hydrogen-bond donors (Lipinski definition) is 2. The van der Waals surface area contributed by atoms with E-state index in [1.54, 1.807) is 6.07 Å². The van der Waals surface area contributed by atoms with E-state index in [4.69, 9.17) is 17.3 Å². The molecule has 1 amide bonds. The Labute approximate surface area is 101 Å². The van der Waals surface area contributed by atoms with E-state index in [-0.39, 0.29) is 5.91 Å². The van der Waals surface area contributed by atoms with Gasteiger partial charge in [-0.05, 0) is 25.0 Å². The van der Waals surface area contributed by atoms with Crippen LogP contribution >= 0.6 is 11.6 Å². The van der Waals surface area contributed by atoms with Gasteiger partial charge in [0.1, 0.15) is 0 Å². The molecule has 0 aromatic heterocycles. The minimum Gasteiger partial charge on any atom is -0.323 e. The Morgan fingerprint density at radius 3 is 2.81 bits per heavy atom. The molecule has 3 nitrogen and oxygen atoms in total. The van der Waals surface area contributed by atoms with E-state index >= 15 is 0 Å². The minimum absolute atomic E-state index is 0.182. The van der Waals surface area contributed by atoms with E-state index in [0.29, 0.717) is 17.1 Å². The topological polar surface area (TPSA) is 55.1 Å². The van der Waals surface area contributed by atoms with Crippen LogP contribution < -0.4 is 11.1 Å². The highest BCUT2D eigenvalue weighted by Crippen LogP contribution is 2.25. The maximum absolute atomic E-state index is 11.7. The Hall–Kier alpha value is -1.06. The number of benzene rings is 1. The number of halogens is 1. The van der Waals surface area contributed by atoms with Crippen LogP contribution in [-0.2, 0) is 4.79 Å². The van der Waals surface area contributed by atoms with Crippen LogP contribution in [0, 0.1) is 6.92 Å². The molecule has 88 valence electrons. The quantitative estimate of drug-likeness (QED) is 0.850. The van der Waals surface area contributed by atoms with Gasteiger partial charge in [-0.25, -0.2) is 0 Å². The third-order valence-corrected chi connectivity index (χ3v) is 2.72. The van der Waals surface area contributed by atoms with Gasteiger partial charge in [-0.15, -0.1) is 0 Å². The van der Waals surface area contributed by atoms with Crippen LogP contribution in [0.3, 0.4) is 0 Å². The summed E-state index contributed by atoms with van der Waals surface area (Å²) in [5, 5.41) is 3.31. The third kappa shape index (κ3) is 3.22. The Morgan fingerprint density at radius 2 is 2.25 bits per heavy atom. The summed E-state index contributed by atoms with van der Waals surface area (Å²) >= 11 is 6.00. The summed E-state index contributed by atoms with van der Waals surface area (Å²) < 4.78 is 0. The summed E-state index contributed by atoms with van der Waals surface area (Å²) in [6.45, 7) is 3.89. The van der Waals surface area contributed by atoms with Gasteiger partial charge in [-0.1, -0.05) is 37.1 Å². The van der Waals surface area contributed by atoms with Gasteiger partial charge in [0.05, 0.1) is 16.8 Å². The molecule has 0 saturated carbocycles.